The molecule has 4 atom stereocenters. The Morgan fingerprint density at radius 1 is 1.25 bits per heavy atom. The van der Waals surface area contributed by atoms with Crippen LogP contribution in [-0.2, 0) is 9.47 Å². The molecule has 2 fully saturated rings. The molecule has 4 nitrogen and oxygen atoms in total. The molecule has 2 aliphatic heterocycles. The van der Waals surface area contributed by atoms with Gasteiger partial charge in [0, 0.05) is 19.2 Å². The second-order valence-corrected chi connectivity index (χ2v) is 7.37. The van der Waals surface area contributed by atoms with Gasteiger partial charge >= 0.3 is 0 Å². The zero-order chi connectivity index (χ0) is 16.9. The van der Waals surface area contributed by atoms with Crippen LogP contribution >= 0.6 is 0 Å². The van der Waals surface area contributed by atoms with Crippen molar-refractivity contribution in [3.8, 4) is 5.75 Å². The second-order valence-electron chi connectivity index (χ2n) is 7.37. The lowest BCUT2D eigenvalue weighted by Gasteiger charge is -2.44. The molecule has 2 heterocycles. The van der Waals surface area contributed by atoms with E-state index in [0.717, 1.165) is 32.5 Å². The van der Waals surface area contributed by atoms with Gasteiger partial charge in [-0.15, -0.1) is 0 Å². The topological polar surface area (TPSA) is 41.9 Å². The molecule has 1 aromatic carbocycles. The van der Waals surface area contributed by atoms with Crippen LogP contribution in [0, 0.1) is 11.8 Å². The van der Waals surface area contributed by atoms with E-state index in [0.29, 0.717) is 30.2 Å². The Balaban J connectivity index is 1.63. The fraction of sp³-hybridized carbons (Fsp3) is 0.700. The monoisotopic (exact) mass is 333 g/mol. The fourth-order valence-electron chi connectivity index (χ4n) is 4.03. The van der Waals surface area contributed by atoms with Crippen molar-refractivity contribution in [3.63, 3.8) is 0 Å². The Labute approximate surface area is 145 Å². The van der Waals surface area contributed by atoms with E-state index in [-0.39, 0.29) is 6.29 Å². The molecule has 1 N–H and O–H groups in total. The number of ether oxygens (including phenoxy) is 2. The Bertz CT molecular complexity index is 515. The van der Waals surface area contributed by atoms with E-state index in [2.05, 4.69) is 24.8 Å². The van der Waals surface area contributed by atoms with Gasteiger partial charge in [0.15, 0.2) is 6.29 Å². The molecule has 24 heavy (non-hydrogen) atoms. The quantitative estimate of drug-likeness (QED) is 0.886. The van der Waals surface area contributed by atoms with Gasteiger partial charge in [0.1, 0.15) is 5.75 Å². The Morgan fingerprint density at radius 2 is 2.12 bits per heavy atom. The summed E-state index contributed by atoms with van der Waals surface area (Å²) in [4.78, 5) is 2.52. The van der Waals surface area contributed by atoms with Gasteiger partial charge < -0.3 is 14.6 Å². The molecule has 3 rings (SSSR count). The van der Waals surface area contributed by atoms with Crippen molar-refractivity contribution in [2.24, 2.45) is 11.8 Å². The number of likely N-dealkylation sites (tertiary alicyclic amines) is 1. The average molecular weight is 333 g/mol. The molecule has 2 aliphatic rings. The number of hydrogen-bond donors (Lipinski definition) is 1. The molecule has 0 radical (unpaired) electrons. The highest BCUT2D eigenvalue weighted by Gasteiger charge is 2.34. The number of piperidine rings is 1. The van der Waals surface area contributed by atoms with Crippen molar-refractivity contribution in [2.75, 3.05) is 26.3 Å². The summed E-state index contributed by atoms with van der Waals surface area (Å²) in [6.45, 7) is 8.20. The van der Waals surface area contributed by atoms with Crippen LogP contribution in [0.15, 0.2) is 24.3 Å². The van der Waals surface area contributed by atoms with Gasteiger partial charge in [0.05, 0.1) is 6.61 Å². The molecule has 0 aromatic heterocycles. The maximum atomic E-state index is 9.87. The summed E-state index contributed by atoms with van der Waals surface area (Å²) in [7, 11) is 0. The van der Waals surface area contributed by atoms with E-state index in [4.69, 9.17) is 9.47 Å². The first-order chi connectivity index (χ1) is 11.6. The van der Waals surface area contributed by atoms with Crippen LogP contribution in [0.1, 0.15) is 51.1 Å². The SMILES string of the molecule is C[C@H]1CCN(CCOC2CCCCO2)C(c2cccc(O)c2)[C@@H]1C. The summed E-state index contributed by atoms with van der Waals surface area (Å²) >= 11 is 0. The molecule has 134 valence electrons. The van der Waals surface area contributed by atoms with E-state index in [1.165, 1.54) is 18.4 Å². The Kier molecular flexibility index (Phi) is 6.14. The minimum atomic E-state index is -0.0147. The van der Waals surface area contributed by atoms with Crippen molar-refractivity contribution < 1.29 is 14.6 Å². The van der Waals surface area contributed by atoms with Crippen molar-refractivity contribution in [3.05, 3.63) is 29.8 Å². The lowest BCUT2D eigenvalue weighted by Crippen LogP contribution is -2.43. The van der Waals surface area contributed by atoms with Crippen molar-refractivity contribution in [1.82, 2.24) is 4.90 Å². The molecule has 2 unspecified atom stereocenters. The van der Waals surface area contributed by atoms with Crippen LogP contribution in [0.3, 0.4) is 0 Å². The summed E-state index contributed by atoms with van der Waals surface area (Å²) < 4.78 is 11.6. The predicted molar refractivity (Wildman–Crippen MR) is 94.9 cm³/mol. The van der Waals surface area contributed by atoms with Gasteiger partial charge in [-0.05, 0) is 61.8 Å². The van der Waals surface area contributed by atoms with Crippen molar-refractivity contribution in [1.29, 1.82) is 0 Å². The van der Waals surface area contributed by atoms with Crippen LogP contribution in [0.25, 0.3) is 0 Å². The summed E-state index contributed by atoms with van der Waals surface area (Å²) in [5, 5.41) is 9.87. The molecule has 0 spiro atoms. The van der Waals surface area contributed by atoms with E-state index < -0.39 is 0 Å². The summed E-state index contributed by atoms with van der Waals surface area (Å²) in [5.74, 6) is 1.60. The third kappa shape index (κ3) is 4.29. The van der Waals surface area contributed by atoms with Gasteiger partial charge in [-0.1, -0.05) is 26.0 Å². The molecule has 0 amide bonds. The lowest BCUT2D eigenvalue weighted by molar-refractivity contribution is -0.166. The molecule has 0 bridgehead atoms. The number of phenolic OH excluding ortho intramolecular Hbond substituents is 1. The number of hydrogen-bond acceptors (Lipinski definition) is 4. The summed E-state index contributed by atoms with van der Waals surface area (Å²) in [6.07, 6.45) is 4.58. The van der Waals surface area contributed by atoms with E-state index in [9.17, 15) is 5.11 Å². The van der Waals surface area contributed by atoms with Gasteiger partial charge in [-0.3, -0.25) is 4.90 Å². The number of aromatic hydroxyl groups is 1. The number of phenols is 1. The first kappa shape index (κ1) is 17.7. The molecular weight excluding hydrogens is 302 g/mol. The third-order valence-corrected chi connectivity index (χ3v) is 5.69. The van der Waals surface area contributed by atoms with Gasteiger partial charge in [-0.2, -0.15) is 0 Å². The van der Waals surface area contributed by atoms with Crippen molar-refractivity contribution in [2.45, 2.75) is 51.9 Å². The molecule has 4 heteroatoms. The van der Waals surface area contributed by atoms with Crippen LogP contribution in [0.4, 0.5) is 0 Å². The van der Waals surface area contributed by atoms with E-state index in [1.54, 1.807) is 6.07 Å². The maximum Gasteiger partial charge on any atom is 0.157 e. The first-order valence-electron chi connectivity index (χ1n) is 9.41. The van der Waals surface area contributed by atoms with Gasteiger partial charge in [-0.25, -0.2) is 0 Å². The third-order valence-electron chi connectivity index (χ3n) is 5.69. The summed E-state index contributed by atoms with van der Waals surface area (Å²) in [6, 6.07) is 8.08. The highest BCUT2D eigenvalue weighted by atomic mass is 16.7. The maximum absolute atomic E-state index is 9.87. The minimum Gasteiger partial charge on any atom is -0.508 e. The molecule has 1 aromatic rings. The zero-order valence-corrected chi connectivity index (χ0v) is 15.0. The van der Waals surface area contributed by atoms with Crippen LogP contribution in [0.2, 0.25) is 0 Å². The molecular formula is C20H31NO3. The van der Waals surface area contributed by atoms with Gasteiger partial charge in [0.25, 0.3) is 0 Å². The first-order valence-corrected chi connectivity index (χ1v) is 9.41. The smallest absolute Gasteiger partial charge is 0.157 e. The van der Waals surface area contributed by atoms with Crippen LogP contribution in [-0.4, -0.2) is 42.6 Å². The highest BCUT2D eigenvalue weighted by Crippen LogP contribution is 2.39. The lowest BCUT2D eigenvalue weighted by atomic mass is 9.79. The molecule has 2 saturated heterocycles. The van der Waals surface area contributed by atoms with Crippen molar-refractivity contribution >= 4 is 0 Å². The molecule has 0 saturated carbocycles. The van der Waals surface area contributed by atoms with Crippen LogP contribution < -0.4 is 0 Å². The normalized spacial score (nSPS) is 31.9. The average Bonchev–Trinajstić information content (AvgIpc) is 2.59. The van der Waals surface area contributed by atoms with Crippen LogP contribution in [0.5, 0.6) is 5.75 Å². The van der Waals surface area contributed by atoms with E-state index >= 15 is 0 Å². The minimum absolute atomic E-state index is 0.0147. The highest BCUT2D eigenvalue weighted by molar-refractivity contribution is 5.30. The zero-order valence-electron chi connectivity index (χ0n) is 15.0. The summed E-state index contributed by atoms with van der Waals surface area (Å²) in [5.41, 5.74) is 1.21. The largest absolute Gasteiger partial charge is 0.508 e. The predicted octanol–water partition coefficient (Wildman–Crippen LogP) is 3.95. The number of rotatable bonds is 5. The van der Waals surface area contributed by atoms with E-state index in [1.807, 2.05) is 12.1 Å². The van der Waals surface area contributed by atoms with Gasteiger partial charge in [0.2, 0.25) is 0 Å². The number of benzene rings is 1. The number of nitrogens with zero attached hydrogens (tertiary/aromatic N) is 1. The Morgan fingerprint density at radius 3 is 2.88 bits per heavy atom. The second kappa shape index (κ2) is 8.32. The molecule has 0 aliphatic carbocycles. The fourth-order valence-corrected chi connectivity index (χ4v) is 4.03. The Hall–Kier alpha value is -1.10. The standard InChI is InChI=1S/C20H31NO3/c1-15-9-10-21(11-13-24-19-8-3-4-12-23-19)20(16(15)2)17-6-5-7-18(22)14-17/h5-7,14-16,19-20,22H,3-4,8-13H2,1-2H3/t15-,16+,19?,20?/m0/s1.